The average molecular weight is 317 g/mol. The predicted molar refractivity (Wildman–Crippen MR) is 83.3 cm³/mol. The monoisotopic (exact) mass is 317 g/mol. The SMILES string of the molecule is O=c1oc(-c2ccc(F)cc2)nn1CN(C1CCCC1)C1CC1. The van der Waals surface area contributed by atoms with Crippen molar-refractivity contribution in [2.24, 2.45) is 0 Å². The molecule has 122 valence electrons. The summed E-state index contributed by atoms with van der Waals surface area (Å²) in [6.07, 6.45) is 7.34. The Hall–Kier alpha value is -1.95. The molecular formula is C17H20FN3O2. The van der Waals surface area contributed by atoms with Gasteiger partial charge >= 0.3 is 5.76 Å². The van der Waals surface area contributed by atoms with Crippen LogP contribution in [0, 0.1) is 5.82 Å². The van der Waals surface area contributed by atoms with E-state index in [0.717, 1.165) is 0 Å². The summed E-state index contributed by atoms with van der Waals surface area (Å²) in [5.74, 6) is -0.526. The molecule has 1 aromatic carbocycles. The minimum absolute atomic E-state index is 0.247. The molecule has 2 aliphatic carbocycles. The van der Waals surface area contributed by atoms with Gasteiger partial charge in [-0.25, -0.2) is 9.18 Å². The van der Waals surface area contributed by atoms with E-state index in [-0.39, 0.29) is 11.7 Å². The lowest BCUT2D eigenvalue weighted by molar-refractivity contribution is 0.131. The van der Waals surface area contributed by atoms with Gasteiger partial charge in [0, 0.05) is 17.6 Å². The van der Waals surface area contributed by atoms with E-state index >= 15 is 0 Å². The van der Waals surface area contributed by atoms with Crippen LogP contribution in [-0.4, -0.2) is 26.8 Å². The first-order valence-electron chi connectivity index (χ1n) is 8.30. The van der Waals surface area contributed by atoms with Crippen LogP contribution in [0.25, 0.3) is 11.5 Å². The van der Waals surface area contributed by atoms with Gasteiger partial charge in [-0.15, -0.1) is 5.10 Å². The zero-order chi connectivity index (χ0) is 15.8. The Morgan fingerprint density at radius 3 is 2.43 bits per heavy atom. The molecule has 0 radical (unpaired) electrons. The lowest BCUT2D eigenvalue weighted by Crippen LogP contribution is -2.39. The van der Waals surface area contributed by atoms with Gasteiger partial charge in [0.2, 0.25) is 5.89 Å². The maximum Gasteiger partial charge on any atom is 0.438 e. The van der Waals surface area contributed by atoms with E-state index in [9.17, 15) is 9.18 Å². The fourth-order valence-electron chi connectivity index (χ4n) is 3.43. The van der Waals surface area contributed by atoms with Crippen LogP contribution < -0.4 is 5.76 Å². The molecule has 23 heavy (non-hydrogen) atoms. The average Bonchev–Trinajstić information content (AvgIpc) is 3.11. The molecule has 5 nitrogen and oxygen atoms in total. The Morgan fingerprint density at radius 2 is 1.78 bits per heavy atom. The summed E-state index contributed by atoms with van der Waals surface area (Å²) in [5, 5.41) is 4.30. The predicted octanol–water partition coefficient (Wildman–Crippen LogP) is 3.01. The number of rotatable bonds is 5. The Balaban J connectivity index is 1.56. The van der Waals surface area contributed by atoms with Crippen molar-refractivity contribution >= 4 is 0 Å². The van der Waals surface area contributed by atoms with E-state index in [2.05, 4.69) is 10.00 Å². The van der Waals surface area contributed by atoms with Crippen molar-refractivity contribution in [1.82, 2.24) is 14.7 Å². The number of hydrogen-bond acceptors (Lipinski definition) is 4. The van der Waals surface area contributed by atoms with Crippen LogP contribution in [-0.2, 0) is 6.67 Å². The number of nitrogens with zero attached hydrogens (tertiary/aromatic N) is 3. The molecule has 2 fully saturated rings. The topological polar surface area (TPSA) is 51.3 Å². The van der Waals surface area contributed by atoms with Gasteiger partial charge in [0.15, 0.2) is 0 Å². The first-order chi connectivity index (χ1) is 11.2. The third-order valence-electron chi connectivity index (χ3n) is 4.80. The third kappa shape index (κ3) is 3.08. The van der Waals surface area contributed by atoms with Crippen molar-refractivity contribution in [2.75, 3.05) is 0 Å². The highest BCUT2D eigenvalue weighted by Crippen LogP contribution is 2.34. The van der Waals surface area contributed by atoms with Crippen molar-refractivity contribution in [3.63, 3.8) is 0 Å². The molecule has 0 aliphatic heterocycles. The molecule has 0 N–H and O–H groups in total. The number of halogens is 1. The van der Waals surface area contributed by atoms with E-state index < -0.39 is 5.76 Å². The van der Waals surface area contributed by atoms with E-state index in [1.165, 1.54) is 55.3 Å². The molecule has 4 rings (SSSR count). The summed E-state index contributed by atoms with van der Waals surface area (Å²) in [6.45, 7) is 0.485. The summed E-state index contributed by atoms with van der Waals surface area (Å²) in [7, 11) is 0. The van der Waals surface area contributed by atoms with E-state index in [0.29, 0.717) is 24.3 Å². The molecule has 0 bridgehead atoms. The molecule has 1 aromatic heterocycles. The fraction of sp³-hybridized carbons (Fsp3) is 0.529. The van der Waals surface area contributed by atoms with Crippen LogP contribution >= 0.6 is 0 Å². The normalized spacial score (nSPS) is 18.9. The molecule has 0 atom stereocenters. The van der Waals surface area contributed by atoms with Crippen LogP contribution in [0.2, 0.25) is 0 Å². The van der Waals surface area contributed by atoms with Crippen molar-refractivity contribution in [2.45, 2.75) is 57.3 Å². The van der Waals surface area contributed by atoms with Crippen LogP contribution in [0.5, 0.6) is 0 Å². The molecule has 0 spiro atoms. The molecule has 1 heterocycles. The molecule has 0 saturated heterocycles. The Morgan fingerprint density at radius 1 is 1.13 bits per heavy atom. The lowest BCUT2D eigenvalue weighted by Gasteiger charge is -2.27. The molecule has 0 amide bonds. The second-order valence-electron chi connectivity index (χ2n) is 6.50. The third-order valence-corrected chi connectivity index (χ3v) is 4.80. The van der Waals surface area contributed by atoms with Crippen molar-refractivity contribution in [1.29, 1.82) is 0 Å². The minimum atomic E-state index is -0.451. The summed E-state index contributed by atoms with van der Waals surface area (Å²) in [4.78, 5) is 14.5. The Kier molecular flexibility index (Phi) is 3.77. The van der Waals surface area contributed by atoms with E-state index in [1.54, 1.807) is 12.1 Å². The maximum absolute atomic E-state index is 13.0. The van der Waals surface area contributed by atoms with Crippen molar-refractivity contribution in [3.05, 3.63) is 40.6 Å². The standard InChI is InChI=1S/C17H20FN3O2/c18-13-7-5-12(6-8-13)16-19-21(17(22)23-16)11-20(15-9-10-15)14-3-1-2-4-14/h5-8,14-15H,1-4,9-11H2. The second kappa shape index (κ2) is 5.92. The highest BCUT2D eigenvalue weighted by Gasteiger charge is 2.35. The van der Waals surface area contributed by atoms with Gasteiger partial charge < -0.3 is 4.42 Å². The van der Waals surface area contributed by atoms with E-state index in [1.807, 2.05) is 0 Å². The summed E-state index contributed by atoms with van der Waals surface area (Å²) in [6, 6.07) is 6.95. The largest absolute Gasteiger partial charge is 0.438 e. The Labute approximate surface area is 133 Å². The van der Waals surface area contributed by atoms with Crippen LogP contribution in [0.1, 0.15) is 38.5 Å². The van der Waals surface area contributed by atoms with Gasteiger partial charge in [-0.3, -0.25) is 4.90 Å². The number of hydrogen-bond donors (Lipinski definition) is 0. The molecule has 2 aliphatic rings. The van der Waals surface area contributed by atoms with Crippen LogP contribution in [0.3, 0.4) is 0 Å². The van der Waals surface area contributed by atoms with Gasteiger partial charge in [0.25, 0.3) is 0 Å². The van der Waals surface area contributed by atoms with Crippen molar-refractivity contribution in [3.8, 4) is 11.5 Å². The smallest absolute Gasteiger partial charge is 0.388 e. The number of benzene rings is 1. The Bertz CT molecular complexity index is 727. The first-order valence-corrected chi connectivity index (χ1v) is 8.30. The summed E-state index contributed by atoms with van der Waals surface area (Å²) >= 11 is 0. The highest BCUT2D eigenvalue weighted by atomic mass is 19.1. The highest BCUT2D eigenvalue weighted by molar-refractivity contribution is 5.51. The van der Waals surface area contributed by atoms with Gasteiger partial charge in [-0.1, -0.05) is 12.8 Å². The van der Waals surface area contributed by atoms with Gasteiger partial charge in [-0.05, 0) is 49.9 Å². The molecular weight excluding hydrogens is 297 g/mol. The zero-order valence-electron chi connectivity index (χ0n) is 12.9. The number of aromatic nitrogens is 2. The van der Waals surface area contributed by atoms with Gasteiger partial charge in [0.1, 0.15) is 12.5 Å². The lowest BCUT2D eigenvalue weighted by atomic mass is 10.2. The summed E-state index contributed by atoms with van der Waals surface area (Å²) in [5.41, 5.74) is 0.612. The van der Waals surface area contributed by atoms with Crippen molar-refractivity contribution < 1.29 is 8.81 Å². The van der Waals surface area contributed by atoms with Crippen LogP contribution in [0.4, 0.5) is 4.39 Å². The second-order valence-corrected chi connectivity index (χ2v) is 6.50. The molecule has 0 unspecified atom stereocenters. The van der Waals surface area contributed by atoms with Gasteiger partial charge in [0.05, 0.1) is 0 Å². The summed E-state index contributed by atoms with van der Waals surface area (Å²) < 4.78 is 19.7. The zero-order valence-corrected chi connectivity index (χ0v) is 12.9. The fourth-order valence-corrected chi connectivity index (χ4v) is 3.43. The molecule has 2 aromatic rings. The van der Waals surface area contributed by atoms with Gasteiger partial charge in [-0.2, -0.15) is 4.68 Å². The molecule has 2 saturated carbocycles. The first kappa shape index (κ1) is 14.6. The van der Waals surface area contributed by atoms with E-state index in [4.69, 9.17) is 4.42 Å². The maximum atomic E-state index is 13.0. The minimum Gasteiger partial charge on any atom is -0.388 e. The molecule has 6 heteroatoms. The van der Waals surface area contributed by atoms with Crippen LogP contribution in [0.15, 0.2) is 33.5 Å². The quantitative estimate of drug-likeness (QED) is 0.850.